The molecule has 18 heavy (non-hydrogen) atoms. The molecule has 3 nitrogen and oxygen atoms in total. The van der Waals surface area contributed by atoms with Gasteiger partial charge in [0.2, 0.25) is 0 Å². The fourth-order valence-electron chi connectivity index (χ4n) is 2.26. The maximum absolute atomic E-state index is 13.7. The highest BCUT2D eigenvalue weighted by atomic mass is 19.1. The first-order valence-electron chi connectivity index (χ1n) is 6.51. The summed E-state index contributed by atoms with van der Waals surface area (Å²) >= 11 is 0. The lowest BCUT2D eigenvalue weighted by atomic mass is 10.2. The van der Waals surface area contributed by atoms with Gasteiger partial charge in [-0.05, 0) is 32.5 Å². The van der Waals surface area contributed by atoms with E-state index in [1.54, 1.807) is 6.07 Å². The minimum absolute atomic E-state index is 0.239. The summed E-state index contributed by atoms with van der Waals surface area (Å²) in [5, 5.41) is 3.27. The smallest absolute Gasteiger partial charge is 0.151 e. The molecule has 2 rings (SSSR count). The Balaban J connectivity index is 2.44. The second kappa shape index (κ2) is 5.48. The first-order valence-corrected chi connectivity index (χ1v) is 6.51. The highest BCUT2D eigenvalue weighted by Gasteiger charge is 2.15. The summed E-state index contributed by atoms with van der Waals surface area (Å²) in [4.78, 5) is 4.45. The Labute approximate surface area is 107 Å². The van der Waals surface area contributed by atoms with Crippen molar-refractivity contribution in [1.82, 2.24) is 14.9 Å². The number of hydrogen-bond donors (Lipinski definition) is 1. The number of para-hydroxylation sites is 1. The second-order valence-corrected chi connectivity index (χ2v) is 4.70. The number of aromatic nitrogens is 2. The highest BCUT2D eigenvalue weighted by molar-refractivity contribution is 5.76. The van der Waals surface area contributed by atoms with E-state index < -0.39 is 0 Å². The molecule has 0 unspecified atom stereocenters. The van der Waals surface area contributed by atoms with E-state index in [4.69, 9.17) is 0 Å². The van der Waals surface area contributed by atoms with Gasteiger partial charge in [0, 0.05) is 19.0 Å². The van der Waals surface area contributed by atoms with Gasteiger partial charge >= 0.3 is 0 Å². The van der Waals surface area contributed by atoms with Crippen LogP contribution in [0.2, 0.25) is 0 Å². The number of hydrogen-bond acceptors (Lipinski definition) is 2. The zero-order chi connectivity index (χ0) is 13.1. The fourth-order valence-corrected chi connectivity index (χ4v) is 2.26. The normalized spacial score (nSPS) is 11.6. The SMILES string of the molecule is CCNCCc1nc2c(F)cccc2n1C(C)C. The molecule has 0 spiro atoms. The molecule has 1 aromatic heterocycles. The van der Waals surface area contributed by atoms with E-state index in [1.165, 1.54) is 6.07 Å². The Bertz CT molecular complexity index is 531. The number of nitrogens with one attached hydrogen (secondary N) is 1. The van der Waals surface area contributed by atoms with E-state index >= 15 is 0 Å². The molecular formula is C14H20FN3. The minimum atomic E-state index is -0.239. The lowest BCUT2D eigenvalue weighted by Gasteiger charge is -2.13. The molecule has 4 heteroatoms. The predicted molar refractivity (Wildman–Crippen MR) is 72.3 cm³/mol. The van der Waals surface area contributed by atoms with Crippen molar-refractivity contribution in [2.75, 3.05) is 13.1 Å². The highest BCUT2D eigenvalue weighted by Crippen LogP contribution is 2.23. The average molecular weight is 249 g/mol. The van der Waals surface area contributed by atoms with Crippen molar-refractivity contribution < 1.29 is 4.39 Å². The van der Waals surface area contributed by atoms with Gasteiger partial charge in [0.25, 0.3) is 0 Å². The van der Waals surface area contributed by atoms with E-state index in [1.807, 2.05) is 6.07 Å². The first-order chi connectivity index (χ1) is 8.65. The quantitative estimate of drug-likeness (QED) is 0.826. The van der Waals surface area contributed by atoms with Gasteiger partial charge in [-0.25, -0.2) is 9.37 Å². The van der Waals surface area contributed by atoms with Crippen LogP contribution >= 0.6 is 0 Å². The number of likely N-dealkylation sites (N-methyl/N-ethyl adjacent to an activating group) is 1. The van der Waals surface area contributed by atoms with Crippen LogP contribution in [0.5, 0.6) is 0 Å². The van der Waals surface area contributed by atoms with Gasteiger partial charge in [-0.1, -0.05) is 13.0 Å². The zero-order valence-electron chi connectivity index (χ0n) is 11.2. The molecule has 98 valence electrons. The Hall–Kier alpha value is -1.42. The van der Waals surface area contributed by atoms with Crippen LogP contribution in [-0.4, -0.2) is 22.6 Å². The van der Waals surface area contributed by atoms with Gasteiger partial charge in [-0.3, -0.25) is 0 Å². The number of imidazole rings is 1. The van der Waals surface area contributed by atoms with Gasteiger partial charge in [0.1, 0.15) is 11.3 Å². The van der Waals surface area contributed by atoms with E-state index in [-0.39, 0.29) is 11.9 Å². The summed E-state index contributed by atoms with van der Waals surface area (Å²) < 4.78 is 15.9. The summed E-state index contributed by atoms with van der Waals surface area (Å²) in [5.74, 6) is 0.711. The number of halogens is 1. The van der Waals surface area contributed by atoms with Gasteiger partial charge in [-0.15, -0.1) is 0 Å². The van der Waals surface area contributed by atoms with Gasteiger partial charge < -0.3 is 9.88 Å². The topological polar surface area (TPSA) is 29.9 Å². The molecule has 0 radical (unpaired) electrons. The molecule has 0 saturated heterocycles. The van der Waals surface area contributed by atoms with E-state index in [0.717, 1.165) is 30.9 Å². The molecule has 1 heterocycles. The van der Waals surface area contributed by atoms with Crippen LogP contribution in [0.3, 0.4) is 0 Å². The summed E-state index contributed by atoms with van der Waals surface area (Å²) in [6, 6.07) is 5.43. The van der Waals surface area contributed by atoms with E-state index in [9.17, 15) is 4.39 Å². The van der Waals surface area contributed by atoms with Gasteiger partial charge in [0.15, 0.2) is 5.82 Å². The van der Waals surface area contributed by atoms with Crippen LogP contribution in [0.1, 0.15) is 32.6 Å². The van der Waals surface area contributed by atoms with Gasteiger partial charge in [-0.2, -0.15) is 0 Å². The Morgan fingerprint density at radius 1 is 1.39 bits per heavy atom. The lowest BCUT2D eigenvalue weighted by Crippen LogP contribution is -2.18. The Morgan fingerprint density at radius 3 is 2.83 bits per heavy atom. The van der Waals surface area contributed by atoms with Crippen LogP contribution in [0.25, 0.3) is 11.0 Å². The second-order valence-electron chi connectivity index (χ2n) is 4.70. The summed E-state index contributed by atoms with van der Waals surface area (Å²) in [6.45, 7) is 8.08. The first kappa shape index (κ1) is 13.0. The van der Waals surface area contributed by atoms with E-state index in [2.05, 4.69) is 35.6 Å². The zero-order valence-corrected chi connectivity index (χ0v) is 11.2. The molecule has 0 aliphatic carbocycles. The van der Waals surface area contributed by atoms with Crippen LogP contribution in [0, 0.1) is 5.82 Å². The monoisotopic (exact) mass is 249 g/mol. The van der Waals surface area contributed by atoms with Crippen molar-refractivity contribution in [3.8, 4) is 0 Å². The largest absolute Gasteiger partial charge is 0.325 e. The molecular weight excluding hydrogens is 229 g/mol. The van der Waals surface area contributed by atoms with E-state index in [0.29, 0.717) is 5.52 Å². The Morgan fingerprint density at radius 2 is 2.17 bits per heavy atom. The predicted octanol–water partition coefficient (Wildman–Crippen LogP) is 2.91. The number of benzene rings is 1. The molecule has 0 bridgehead atoms. The van der Waals surface area contributed by atoms with Crippen molar-refractivity contribution >= 4 is 11.0 Å². The van der Waals surface area contributed by atoms with Crippen LogP contribution in [-0.2, 0) is 6.42 Å². The average Bonchev–Trinajstić information content (AvgIpc) is 2.69. The van der Waals surface area contributed by atoms with Crippen LogP contribution < -0.4 is 5.32 Å². The van der Waals surface area contributed by atoms with Crippen LogP contribution in [0.4, 0.5) is 4.39 Å². The summed E-state index contributed by atoms with van der Waals surface area (Å²) in [7, 11) is 0. The third-order valence-corrected chi connectivity index (χ3v) is 3.04. The number of nitrogens with zero attached hydrogens (tertiary/aromatic N) is 2. The third kappa shape index (κ3) is 2.38. The maximum Gasteiger partial charge on any atom is 0.151 e. The van der Waals surface area contributed by atoms with Gasteiger partial charge in [0.05, 0.1) is 5.52 Å². The molecule has 0 atom stereocenters. The van der Waals surface area contributed by atoms with Crippen molar-refractivity contribution in [2.45, 2.75) is 33.2 Å². The standard InChI is InChI=1S/C14H20FN3/c1-4-16-9-8-13-17-14-11(15)6-5-7-12(14)18(13)10(2)3/h5-7,10,16H,4,8-9H2,1-3H3. The van der Waals surface area contributed by atoms with Crippen molar-refractivity contribution in [3.63, 3.8) is 0 Å². The number of fused-ring (bicyclic) bond motifs is 1. The van der Waals surface area contributed by atoms with Crippen molar-refractivity contribution in [3.05, 3.63) is 29.8 Å². The van der Waals surface area contributed by atoms with Crippen LogP contribution in [0.15, 0.2) is 18.2 Å². The fraction of sp³-hybridized carbons (Fsp3) is 0.500. The molecule has 0 fully saturated rings. The molecule has 0 saturated carbocycles. The molecule has 0 aliphatic heterocycles. The maximum atomic E-state index is 13.7. The Kier molecular flexibility index (Phi) is 3.97. The molecule has 2 aromatic rings. The number of rotatable bonds is 5. The van der Waals surface area contributed by atoms with Crippen molar-refractivity contribution in [2.24, 2.45) is 0 Å². The molecule has 0 amide bonds. The lowest BCUT2D eigenvalue weighted by molar-refractivity contribution is 0.572. The van der Waals surface area contributed by atoms with Crippen molar-refractivity contribution in [1.29, 1.82) is 0 Å². The molecule has 1 aromatic carbocycles. The molecule has 0 aliphatic rings. The summed E-state index contributed by atoms with van der Waals surface area (Å²) in [5.41, 5.74) is 1.37. The minimum Gasteiger partial charge on any atom is -0.325 e. The molecule has 1 N–H and O–H groups in total. The third-order valence-electron chi connectivity index (χ3n) is 3.04. The summed E-state index contributed by atoms with van der Waals surface area (Å²) in [6.07, 6.45) is 0.820.